The largest absolute Gasteiger partial charge is 0.472 e. The normalized spacial score (nSPS) is 14.1. The summed E-state index contributed by atoms with van der Waals surface area (Å²) in [6, 6.07) is 0. The Morgan fingerprint density at radius 2 is 0.919 bits per heavy atom. The lowest BCUT2D eigenvalue weighted by molar-refractivity contribution is -0.870. The van der Waals surface area contributed by atoms with Crippen LogP contribution in [-0.4, -0.2) is 74.9 Å². The fourth-order valence-electron chi connectivity index (χ4n) is 6.45. The van der Waals surface area contributed by atoms with Crippen molar-refractivity contribution in [2.75, 3.05) is 47.5 Å². The third-order valence-electron chi connectivity index (χ3n) is 10.3. The monoisotopic (exact) mass is 891 g/mol. The number of phosphoric acid groups is 1. The Kier molecular flexibility index (Phi) is 41.9. The first-order valence-electron chi connectivity index (χ1n) is 24.7. The third kappa shape index (κ3) is 46.9. The maximum absolute atomic E-state index is 12.7. The van der Waals surface area contributed by atoms with Gasteiger partial charge in [-0.1, -0.05) is 202 Å². The van der Waals surface area contributed by atoms with Gasteiger partial charge < -0.3 is 18.9 Å². The molecule has 358 valence electrons. The summed E-state index contributed by atoms with van der Waals surface area (Å²) in [4.78, 5) is 35.5. The van der Waals surface area contributed by atoms with Crippen LogP contribution in [-0.2, 0) is 32.7 Å². The van der Waals surface area contributed by atoms with Crippen molar-refractivity contribution < 1.29 is 42.1 Å². The number of carbonyl (C=O) groups is 2. The number of carbonyl (C=O) groups excluding carboxylic acids is 2. The van der Waals surface area contributed by atoms with Gasteiger partial charge in [0.1, 0.15) is 19.8 Å². The topological polar surface area (TPSA) is 108 Å². The first kappa shape index (κ1) is 59.5. The molecule has 0 aliphatic rings. The molecule has 1 N–H and O–H groups in total. The number of nitrogens with zero attached hydrogens (tertiary/aromatic N) is 1. The molecule has 0 radical (unpaired) electrons. The van der Waals surface area contributed by atoms with Gasteiger partial charge in [-0.3, -0.25) is 18.6 Å². The molecular weight excluding hydrogens is 798 g/mol. The zero-order chi connectivity index (χ0) is 45.7. The van der Waals surface area contributed by atoms with Crippen molar-refractivity contribution in [2.24, 2.45) is 0 Å². The average Bonchev–Trinajstić information content (AvgIpc) is 3.23. The van der Waals surface area contributed by atoms with Crippen LogP contribution in [0, 0.1) is 0 Å². The number of unbranched alkanes of at least 4 members (excludes halogenated alkanes) is 18. The zero-order valence-corrected chi connectivity index (χ0v) is 41.2. The van der Waals surface area contributed by atoms with Gasteiger partial charge in [-0.2, -0.15) is 0 Å². The van der Waals surface area contributed by atoms with E-state index in [9.17, 15) is 19.0 Å². The number of likely N-dealkylation sites (N-methyl/N-ethyl adjacent to an activating group) is 1. The van der Waals surface area contributed by atoms with Gasteiger partial charge in [-0.25, -0.2) is 4.57 Å². The lowest BCUT2D eigenvalue weighted by atomic mass is 10.0. The molecule has 0 aromatic rings. The van der Waals surface area contributed by atoms with E-state index < -0.39 is 26.5 Å². The number of quaternary nitrogens is 1. The fraction of sp³-hybridized carbons (Fsp3) is 0.731. The second-order valence-corrected chi connectivity index (χ2v) is 18.9. The molecule has 0 amide bonds. The molecular formula is C52H93NO8P+. The van der Waals surface area contributed by atoms with Crippen LogP contribution in [0.4, 0.5) is 0 Å². The van der Waals surface area contributed by atoms with Crippen molar-refractivity contribution in [3.05, 3.63) is 72.9 Å². The van der Waals surface area contributed by atoms with Crippen molar-refractivity contribution in [2.45, 2.75) is 200 Å². The first-order valence-corrected chi connectivity index (χ1v) is 26.2. The molecule has 2 atom stereocenters. The molecule has 0 aliphatic heterocycles. The van der Waals surface area contributed by atoms with Gasteiger partial charge in [-0.15, -0.1) is 0 Å². The minimum absolute atomic E-state index is 0.0160. The summed E-state index contributed by atoms with van der Waals surface area (Å²) in [5.41, 5.74) is 0. The third-order valence-corrected chi connectivity index (χ3v) is 11.2. The van der Waals surface area contributed by atoms with Gasteiger partial charge in [0, 0.05) is 12.8 Å². The Morgan fingerprint density at radius 1 is 0.516 bits per heavy atom. The number of esters is 2. The van der Waals surface area contributed by atoms with Crippen molar-refractivity contribution in [3.8, 4) is 0 Å². The SMILES string of the molecule is CC/C=C/C/C=C/C/C=C/C/C=C/C/C=C/C/C=C/CCC(=O)O[C@H](COC(=O)CCCCCCCCCCCCCCCCCCCCC)COP(=O)(O)OCC[N+](C)(C)C. The van der Waals surface area contributed by atoms with Crippen molar-refractivity contribution in [1.82, 2.24) is 0 Å². The Morgan fingerprint density at radius 3 is 1.34 bits per heavy atom. The standard InChI is InChI=1S/C52H92NO8P/c1-6-8-10-12-14-16-18-20-22-24-26-28-30-32-34-36-38-40-42-44-51(54)58-48-50(49-60-62(56,57)59-47-46-53(3,4)5)61-52(55)45-43-41-39-37-35-33-31-29-27-25-23-21-19-17-15-13-11-9-7-2/h9,11,15,17,21,23,27,29,33,35,39,41,50H,6-8,10,12-14,16,18-20,22,24-26,28,30-32,34,36-38,40,42-49H2,1-5H3/p+1/b11-9+,17-15+,23-21+,29-27+,35-33+,41-39+/t50-/m1/s1. The molecule has 0 bridgehead atoms. The van der Waals surface area contributed by atoms with Crippen molar-refractivity contribution >= 4 is 19.8 Å². The van der Waals surface area contributed by atoms with Crippen LogP contribution in [0.3, 0.4) is 0 Å². The smallest absolute Gasteiger partial charge is 0.462 e. The number of rotatable bonds is 44. The number of hydrogen-bond donors (Lipinski definition) is 1. The van der Waals surface area contributed by atoms with Gasteiger partial charge >= 0.3 is 19.8 Å². The molecule has 0 rings (SSSR count). The highest BCUT2D eigenvalue weighted by Crippen LogP contribution is 2.43. The van der Waals surface area contributed by atoms with E-state index in [0.29, 0.717) is 17.4 Å². The van der Waals surface area contributed by atoms with Crippen LogP contribution in [0.1, 0.15) is 194 Å². The molecule has 0 spiro atoms. The molecule has 62 heavy (non-hydrogen) atoms. The highest BCUT2D eigenvalue weighted by Gasteiger charge is 2.27. The van der Waals surface area contributed by atoms with E-state index in [-0.39, 0.29) is 32.0 Å². The minimum Gasteiger partial charge on any atom is -0.462 e. The van der Waals surface area contributed by atoms with Gasteiger partial charge in [0.25, 0.3) is 0 Å². The van der Waals surface area contributed by atoms with Gasteiger partial charge in [0.05, 0.1) is 27.7 Å². The molecule has 9 nitrogen and oxygen atoms in total. The molecule has 1 unspecified atom stereocenters. The molecule has 0 saturated carbocycles. The summed E-state index contributed by atoms with van der Waals surface area (Å²) < 4.78 is 34.3. The summed E-state index contributed by atoms with van der Waals surface area (Å²) in [7, 11) is 1.43. The van der Waals surface area contributed by atoms with E-state index in [1.54, 1.807) is 0 Å². The summed E-state index contributed by atoms with van der Waals surface area (Å²) in [5, 5.41) is 0. The van der Waals surface area contributed by atoms with E-state index >= 15 is 0 Å². The maximum Gasteiger partial charge on any atom is 0.472 e. The maximum atomic E-state index is 12.7. The van der Waals surface area contributed by atoms with Crippen molar-refractivity contribution in [1.29, 1.82) is 0 Å². The summed E-state index contributed by atoms with van der Waals surface area (Å²) in [5.74, 6) is -0.894. The average molecular weight is 891 g/mol. The number of allylic oxidation sites excluding steroid dienone is 12. The predicted molar refractivity (Wildman–Crippen MR) is 261 cm³/mol. The summed E-state index contributed by atoms with van der Waals surface area (Å²) in [6.45, 7) is 4.23. The summed E-state index contributed by atoms with van der Waals surface area (Å²) in [6.07, 6.45) is 55.4. The molecule has 0 aromatic heterocycles. The van der Waals surface area contributed by atoms with Gasteiger partial charge in [0.15, 0.2) is 6.10 Å². The molecule has 0 saturated heterocycles. The highest BCUT2D eigenvalue weighted by molar-refractivity contribution is 7.47. The second kappa shape index (κ2) is 43.7. The van der Waals surface area contributed by atoms with Gasteiger partial charge in [0.2, 0.25) is 0 Å². The van der Waals surface area contributed by atoms with Crippen LogP contribution in [0.25, 0.3) is 0 Å². The van der Waals surface area contributed by atoms with Crippen LogP contribution < -0.4 is 0 Å². The van der Waals surface area contributed by atoms with Crippen LogP contribution in [0.15, 0.2) is 72.9 Å². The number of phosphoric ester groups is 1. The lowest BCUT2D eigenvalue weighted by Gasteiger charge is -2.24. The van der Waals surface area contributed by atoms with E-state index in [0.717, 1.165) is 57.8 Å². The fourth-order valence-corrected chi connectivity index (χ4v) is 7.19. The van der Waals surface area contributed by atoms with Gasteiger partial charge in [-0.05, 0) is 51.4 Å². The van der Waals surface area contributed by atoms with E-state index in [4.69, 9.17) is 18.5 Å². The van der Waals surface area contributed by atoms with E-state index in [2.05, 4.69) is 74.6 Å². The predicted octanol–water partition coefficient (Wildman–Crippen LogP) is 14.6. The molecule has 0 aliphatic carbocycles. The van der Waals surface area contributed by atoms with Crippen LogP contribution >= 0.6 is 7.82 Å². The van der Waals surface area contributed by atoms with Crippen LogP contribution in [0.2, 0.25) is 0 Å². The minimum atomic E-state index is -4.40. The van der Waals surface area contributed by atoms with E-state index in [1.165, 1.54) is 103 Å². The second-order valence-electron chi connectivity index (χ2n) is 17.5. The molecule has 0 heterocycles. The summed E-state index contributed by atoms with van der Waals surface area (Å²) >= 11 is 0. The van der Waals surface area contributed by atoms with E-state index in [1.807, 2.05) is 33.3 Å². The zero-order valence-electron chi connectivity index (χ0n) is 40.3. The molecule has 10 heteroatoms. The Hall–Kier alpha value is -2.55. The molecule has 0 fully saturated rings. The lowest BCUT2D eigenvalue weighted by Crippen LogP contribution is -2.37. The Labute approximate surface area is 380 Å². The van der Waals surface area contributed by atoms with Crippen molar-refractivity contribution in [3.63, 3.8) is 0 Å². The Bertz CT molecular complexity index is 1280. The first-order chi connectivity index (χ1) is 30.0. The van der Waals surface area contributed by atoms with Crippen LogP contribution in [0.5, 0.6) is 0 Å². The molecule has 0 aromatic carbocycles. The number of hydrogen-bond acceptors (Lipinski definition) is 7. The number of ether oxygens (including phenoxy) is 2. The highest BCUT2D eigenvalue weighted by atomic mass is 31.2. The Balaban J connectivity index is 4.39. The quantitative estimate of drug-likeness (QED) is 0.0212.